The van der Waals surface area contributed by atoms with Gasteiger partial charge < -0.3 is 33.4 Å². The maximum atomic E-state index is 10.4. The Morgan fingerprint density at radius 1 is 0.515 bits per heavy atom. The second-order valence-corrected chi connectivity index (χ2v) is 11.0. The number of hydrogen-bond acceptors (Lipinski definition) is 7. The van der Waals surface area contributed by atoms with Gasteiger partial charge in [-0.2, -0.15) is 0 Å². The van der Waals surface area contributed by atoms with Crippen molar-refractivity contribution in [3.05, 3.63) is 0 Å². The van der Waals surface area contributed by atoms with Gasteiger partial charge in [0.2, 0.25) is 0 Å². The molecule has 0 aromatic heterocycles. The number of aliphatic hydroxyl groups excluding tert-OH is 3. The van der Waals surface area contributed by atoms with E-state index in [1.165, 1.54) is 0 Å². The van der Waals surface area contributed by atoms with E-state index in [1.807, 2.05) is 83.1 Å². The topological polar surface area (TPSA) is 109 Å². The summed E-state index contributed by atoms with van der Waals surface area (Å²) in [6, 6.07) is 0. The van der Waals surface area contributed by atoms with Gasteiger partial charge in [0.05, 0.1) is 0 Å². The Morgan fingerprint density at radius 2 is 0.667 bits per heavy atom. The van der Waals surface area contributed by atoms with Gasteiger partial charge in [0, 0.05) is 64.3 Å². The number of aliphatic hydroxyl groups is 3. The molecule has 0 aromatic rings. The van der Waals surface area contributed by atoms with Gasteiger partial charge in [-0.05, 0) is 57.8 Å². The Labute approximate surface area is 226 Å². The monoisotopic (exact) mass is 576 g/mol. The van der Waals surface area contributed by atoms with Gasteiger partial charge in [0.25, 0.3) is 0 Å². The van der Waals surface area contributed by atoms with Crippen LogP contribution in [0.4, 0.5) is 0 Å². The molecule has 0 saturated heterocycles. The largest absolute Gasteiger partial charge is 0.677 e. The molecular formula is C24H58O7SiZr. The zero-order chi connectivity index (χ0) is 26.3. The Bertz CT molecular complexity index is 311. The fourth-order valence-corrected chi connectivity index (χ4v) is 3.29. The molecule has 0 aliphatic carbocycles. The summed E-state index contributed by atoms with van der Waals surface area (Å²) in [5, 5.41) is 24.4. The van der Waals surface area contributed by atoms with Crippen LogP contribution >= 0.6 is 0 Å². The van der Waals surface area contributed by atoms with Crippen molar-refractivity contribution in [2.45, 2.75) is 121 Å². The van der Waals surface area contributed by atoms with E-state index in [0.717, 1.165) is 19.3 Å². The molecule has 3 atom stereocenters. The van der Waals surface area contributed by atoms with Gasteiger partial charge in [0.15, 0.2) is 0 Å². The summed E-state index contributed by atoms with van der Waals surface area (Å²) < 4.78 is 16.7. The maximum Gasteiger partial charge on any atom is 0.677 e. The first-order chi connectivity index (χ1) is 14.7. The van der Waals surface area contributed by atoms with Gasteiger partial charge in [-0.1, -0.05) is 62.3 Å². The first-order valence-corrected chi connectivity index (χ1v) is 13.9. The van der Waals surface area contributed by atoms with Crippen molar-refractivity contribution in [2.75, 3.05) is 19.8 Å². The first kappa shape index (κ1) is 43.9. The molecular weight excluding hydrogens is 520 g/mol. The summed E-state index contributed by atoms with van der Waals surface area (Å²) in [4.78, 5) is 10.4. The SMILES string of the molecule is CC(C)CO.CC(C)CO.CC(C)CO.CCC(C)O[Si](O)(OC(C)CC)OC(C)CC.[Zr]. The van der Waals surface area contributed by atoms with Crippen LogP contribution in [0.2, 0.25) is 0 Å². The summed E-state index contributed by atoms with van der Waals surface area (Å²) in [5.41, 5.74) is 0. The average Bonchev–Trinajstić information content (AvgIpc) is 2.73. The van der Waals surface area contributed by atoms with Gasteiger partial charge in [0.1, 0.15) is 0 Å². The van der Waals surface area contributed by atoms with Crippen LogP contribution in [0.1, 0.15) is 102 Å². The Morgan fingerprint density at radius 3 is 0.758 bits per heavy atom. The van der Waals surface area contributed by atoms with Crippen LogP contribution in [0.25, 0.3) is 0 Å². The summed E-state index contributed by atoms with van der Waals surface area (Å²) in [7, 11) is -3.50. The molecule has 0 saturated carbocycles. The van der Waals surface area contributed by atoms with Crippen LogP contribution < -0.4 is 0 Å². The van der Waals surface area contributed by atoms with Crippen LogP contribution in [0, 0.1) is 17.8 Å². The Balaban J connectivity index is -0.000000133. The molecule has 0 rings (SSSR count). The molecule has 7 nitrogen and oxygen atoms in total. The third kappa shape index (κ3) is 40.3. The summed E-state index contributed by atoms with van der Waals surface area (Å²) in [6.07, 6.45) is 2.30. The summed E-state index contributed by atoms with van der Waals surface area (Å²) in [5.74, 6) is 1.32. The zero-order valence-corrected chi connectivity index (χ0v) is 27.2. The van der Waals surface area contributed by atoms with E-state index in [-0.39, 0.29) is 44.5 Å². The van der Waals surface area contributed by atoms with Gasteiger partial charge in [-0.3, -0.25) is 0 Å². The van der Waals surface area contributed by atoms with Crippen LogP contribution in [0.15, 0.2) is 0 Å². The molecule has 0 aliphatic heterocycles. The molecule has 0 bridgehead atoms. The average molecular weight is 578 g/mol. The van der Waals surface area contributed by atoms with E-state index in [9.17, 15) is 4.80 Å². The van der Waals surface area contributed by atoms with Crippen molar-refractivity contribution < 1.29 is 59.6 Å². The predicted molar refractivity (Wildman–Crippen MR) is 136 cm³/mol. The Hall–Kier alpha value is 0.820. The van der Waals surface area contributed by atoms with Gasteiger partial charge in [-0.25, -0.2) is 0 Å². The third-order valence-electron chi connectivity index (χ3n) is 3.87. The maximum absolute atomic E-state index is 10.4. The first-order valence-electron chi connectivity index (χ1n) is 12.3. The van der Waals surface area contributed by atoms with E-state index >= 15 is 0 Å². The number of rotatable bonds is 12. The van der Waals surface area contributed by atoms with Gasteiger partial charge in [-0.15, -0.1) is 0 Å². The number of hydrogen-bond donors (Lipinski definition) is 4. The smallest absolute Gasteiger partial charge is 0.396 e. The molecule has 3 unspecified atom stereocenters. The molecule has 0 amide bonds. The van der Waals surface area contributed by atoms with Crippen molar-refractivity contribution in [2.24, 2.45) is 17.8 Å². The van der Waals surface area contributed by atoms with Crippen LogP contribution in [0.3, 0.4) is 0 Å². The predicted octanol–water partition coefficient (Wildman–Crippen LogP) is 4.76. The molecule has 9 heteroatoms. The van der Waals surface area contributed by atoms with Crippen LogP contribution in [0.5, 0.6) is 0 Å². The molecule has 33 heavy (non-hydrogen) atoms. The van der Waals surface area contributed by atoms with Crippen molar-refractivity contribution >= 4 is 9.05 Å². The zero-order valence-electron chi connectivity index (χ0n) is 23.7. The Kier molecular flexibility index (Phi) is 38.6. The quantitative estimate of drug-likeness (QED) is 0.248. The fourth-order valence-electron chi connectivity index (χ4n) is 1.10. The minimum Gasteiger partial charge on any atom is -0.396 e. The second kappa shape index (κ2) is 29.1. The summed E-state index contributed by atoms with van der Waals surface area (Å²) >= 11 is 0. The van der Waals surface area contributed by atoms with E-state index in [0.29, 0.717) is 37.6 Å². The molecule has 0 radical (unpaired) electrons. The van der Waals surface area contributed by atoms with Crippen molar-refractivity contribution in [1.29, 1.82) is 0 Å². The summed E-state index contributed by atoms with van der Waals surface area (Å²) in [6.45, 7) is 24.5. The normalized spacial score (nSPS) is 15.0. The molecule has 0 spiro atoms. The molecule has 0 heterocycles. The van der Waals surface area contributed by atoms with E-state index in [1.54, 1.807) is 0 Å². The van der Waals surface area contributed by atoms with E-state index in [4.69, 9.17) is 28.6 Å². The molecule has 204 valence electrons. The van der Waals surface area contributed by atoms with Crippen molar-refractivity contribution in [1.82, 2.24) is 0 Å². The standard InChI is InChI=1S/C12H28O4Si.3C4H10O.Zr/c1-7-10(4)14-17(13,15-11(5)8-2)16-12(6)9-3;3*1-4(2)3-5;/h10-13H,7-9H2,1-6H3;3*4-5H,3H2,1-2H3;. The van der Waals surface area contributed by atoms with E-state index < -0.39 is 9.05 Å². The molecule has 0 aromatic carbocycles. The molecule has 4 N–H and O–H groups in total. The molecule has 0 aliphatic rings. The van der Waals surface area contributed by atoms with Crippen LogP contribution in [-0.2, 0) is 39.5 Å². The third-order valence-corrected chi connectivity index (χ3v) is 5.97. The van der Waals surface area contributed by atoms with E-state index in [2.05, 4.69) is 0 Å². The molecule has 0 fully saturated rings. The second-order valence-electron chi connectivity index (χ2n) is 9.26. The minimum absolute atomic E-state index is 0. The fraction of sp³-hybridized carbons (Fsp3) is 1.00. The minimum atomic E-state index is -3.50. The van der Waals surface area contributed by atoms with Crippen molar-refractivity contribution in [3.63, 3.8) is 0 Å². The van der Waals surface area contributed by atoms with Crippen molar-refractivity contribution in [3.8, 4) is 0 Å². The van der Waals surface area contributed by atoms with Gasteiger partial charge >= 0.3 is 9.05 Å². The van der Waals surface area contributed by atoms with Crippen LogP contribution in [-0.4, -0.2) is 67.3 Å².